The Labute approximate surface area is 152 Å². The highest BCUT2D eigenvalue weighted by atomic mass is 32.1. The van der Waals surface area contributed by atoms with Crippen LogP contribution >= 0.6 is 11.3 Å². The van der Waals surface area contributed by atoms with Gasteiger partial charge in [-0.1, -0.05) is 24.6 Å². The van der Waals surface area contributed by atoms with Gasteiger partial charge in [0.1, 0.15) is 10.6 Å². The monoisotopic (exact) mass is 357 g/mol. The zero-order valence-electron chi connectivity index (χ0n) is 14.8. The Morgan fingerprint density at radius 1 is 1.24 bits per heavy atom. The van der Waals surface area contributed by atoms with Crippen LogP contribution in [0.15, 0.2) is 23.6 Å². The predicted octanol–water partition coefficient (Wildman–Crippen LogP) is 4.95. The van der Waals surface area contributed by atoms with Gasteiger partial charge in [0.25, 0.3) is 0 Å². The third kappa shape index (κ3) is 3.61. The molecule has 1 N–H and O–H groups in total. The average Bonchev–Trinajstić information content (AvgIpc) is 2.92. The number of carbonyl (C=O) groups is 2. The second kappa shape index (κ2) is 7.40. The van der Waals surface area contributed by atoms with Crippen molar-refractivity contribution in [1.29, 1.82) is 0 Å². The lowest BCUT2D eigenvalue weighted by Crippen LogP contribution is -2.28. The summed E-state index contributed by atoms with van der Waals surface area (Å²) in [5.41, 5.74) is 4.61. The quantitative estimate of drug-likeness (QED) is 0.771. The molecule has 0 unspecified atom stereocenters. The van der Waals surface area contributed by atoms with Crippen LogP contribution in [0.3, 0.4) is 0 Å². The molecule has 1 saturated carbocycles. The first kappa shape index (κ1) is 17.7. The number of benzene rings is 1. The lowest BCUT2D eigenvalue weighted by molar-refractivity contribution is -0.122. The molecule has 0 saturated heterocycles. The summed E-state index contributed by atoms with van der Waals surface area (Å²) in [5.74, 6) is -0.312. The number of hydrogen-bond donors (Lipinski definition) is 1. The fourth-order valence-corrected chi connectivity index (χ4v) is 3.82. The maximum atomic E-state index is 12.5. The lowest BCUT2D eigenvalue weighted by Gasteiger charge is -2.23. The maximum Gasteiger partial charge on any atom is 0.341 e. The van der Waals surface area contributed by atoms with Gasteiger partial charge in [-0.3, -0.25) is 4.79 Å². The van der Waals surface area contributed by atoms with Crippen LogP contribution in [0.2, 0.25) is 0 Å². The summed E-state index contributed by atoms with van der Waals surface area (Å²) in [6, 6.07) is 6.12. The summed E-state index contributed by atoms with van der Waals surface area (Å²) in [6.07, 6.45) is 2.95. The van der Waals surface area contributed by atoms with Crippen molar-refractivity contribution in [2.75, 3.05) is 11.9 Å². The maximum absolute atomic E-state index is 12.5. The molecule has 0 atom stereocenters. The SMILES string of the molecule is CCOC(=O)c1c(-c2ccc(C)c(C)c2)csc1NC(=O)C1CCC1. The van der Waals surface area contributed by atoms with Crippen LogP contribution in [-0.2, 0) is 9.53 Å². The number of ether oxygens (including phenoxy) is 1. The molecule has 132 valence electrons. The molecule has 0 bridgehead atoms. The van der Waals surface area contributed by atoms with E-state index in [9.17, 15) is 9.59 Å². The molecule has 0 aliphatic heterocycles. The van der Waals surface area contributed by atoms with Crippen molar-refractivity contribution in [2.24, 2.45) is 5.92 Å². The van der Waals surface area contributed by atoms with Crippen molar-refractivity contribution in [2.45, 2.75) is 40.0 Å². The topological polar surface area (TPSA) is 55.4 Å². The van der Waals surface area contributed by atoms with Crippen molar-refractivity contribution in [3.63, 3.8) is 0 Å². The molecule has 1 heterocycles. The Balaban J connectivity index is 1.98. The minimum atomic E-state index is -0.388. The van der Waals surface area contributed by atoms with Crippen LogP contribution in [0, 0.1) is 19.8 Å². The minimum absolute atomic E-state index is 0.00489. The van der Waals surface area contributed by atoms with Gasteiger partial charge in [0, 0.05) is 16.9 Å². The Kier molecular flexibility index (Phi) is 5.23. The van der Waals surface area contributed by atoms with Crippen molar-refractivity contribution in [3.8, 4) is 11.1 Å². The summed E-state index contributed by atoms with van der Waals surface area (Å²) < 4.78 is 5.24. The normalized spacial score (nSPS) is 14.0. The Hall–Kier alpha value is -2.14. The molecule has 0 radical (unpaired) electrons. The van der Waals surface area contributed by atoms with Gasteiger partial charge < -0.3 is 10.1 Å². The molecule has 1 aromatic heterocycles. The van der Waals surface area contributed by atoms with Crippen molar-refractivity contribution in [1.82, 2.24) is 0 Å². The van der Waals surface area contributed by atoms with E-state index in [1.54, 1.807) is 6.92 Å². The van der Waals surface area contributed by atoms with E-state index in [4.69, 9.17) is 4.74 Å². The number of carbonyl (C=O) groups excluding carboxylic acids is 2. The number of nitrogens with one attached hydrogen (secondary N) is 1. The highest BCUT2D eigenvalue weighted by molar-refractivity contribution is 7.15. The number of thiophene rings is 1. The molecule has 1 aliphatic rings. The van der Waals surface area contributed by atoms with E-state index in [0.29, 0.717) is 17.2 Å². The third-order valence-electron chi connectivity index (χ3n) is 4.80. The van der Waals surface area contributed by atoms with E-state index < -0.39 is 0 Å². The second-order valence-electron chi connectivity index (χ2n) is 6.49. The molecule has 2 aromatic rings. The van der Waals surface area contributed by atoms with Crippen LogP contribution in [0.5, 0.6) is 0 Å². The van der Waals surface area contributed by atoms with E-state index in [2.05, 4.69) is 25.2 Å². The molecule has 1 amide bonds. The summed E-state index contributed by atoms with van der Waals surface area (Å²) in [4.78, 5) is 24.9. The van der Waals surface area contributed by atoms with Crippen LogP contribution in [-0.4, -0.2) is 18.5 Å². The third-order valence-corrected chi connectivity index (χ3v) is 5.70. The molecule has 25 heavy (non-hydrogen) atoms. The minimum Gasteiger partial charge on any atom is -0.462 e. The Bertz CT molecular complexity index is 805. The van der Waals surface area contributed by atoms with E-state index in [0.717, 1.165) is 30.4 Å². The number of rotatable bonds is 5. The predicted molar refractivity (Wildman–Crippen MR) is 101 cm³/mol. The molecule has 5 heteroatoms. The molecular formula is C20H23NO3S. The molecule has 1 fully saturated rings. The van der Waals surface area contributed by atoms with Crippen LogP contribution in [0.25, 0.3) is 11.1 Å². The summed E-state index contributed by atoms with van der Waals surface area (Å²) in [6.45, 7) is 6.20. The first-order valence-electron chi connectivity index (χ1n) is 8.68. The van der Waals surface area contributed by atoms with Gasteiger partial charge in [-0.2, -0.15) is 0 Å². The van der Waals surface area contributed by atoms with E-state index >= 15 is 0 Å². The first-order valence-corrected chi connectivity index (χ1v) is 9.56. The lowest BCUT2D eigenvalue weighted by atomic mass is 9.85. The van der Waals surface area contributed by atoms with Gasteiger partial charge in [0.2, 0.25) is 5.91 Å². The van der Waals surface area contributed by atoms with E-state index in [-0.39, 0.29) is 17.8 Å². The largest absolute Gasteiger partial charge is 0.462 e. The van der Waals surface area contributed by atoms with Crippen LogP contribution in [0.4, 0.5) is 5.00 Å². The summed E-state index contributed by atoms with van der Waals surface area (Å²) >= 11 is 1.38. The van der Waals surface area contributed by atoms with Gasteiger partial charge in [-0.15, -0.1) is 11.3 Å². The van der Waals surface area contributed by atoms with Gasteiger partial charge >= 0.3 is 5.97 Å². The molecule has 1 aromatic carbocycles. The molecule has 3 rings (SSSR count). The van der Waals surface area contributed by atoms with Gasteiger partial charge in [0.05, 0.1) is 6.61 Å². The number of amides is 1. The highest BCUT2D eigenvalue weighted by Crippen LogP contribution is 2.38. The summed E-state index contributed by atoms with van der Waals surface area (Å²) in [5, 5.41) is 5.46. The fourth-order valence-electron chi connectivity index (χ4n) is 2.86. The Morgan fingerprint density at radius 3 is 2.60 bits per heavy atom. The number of hydrogen-bond acceptors (Lipinski definition) is 4. The van der Waals surface area contributed by atoms with E-state index in [1.807, 2.05) is 17.5 Å². The zero-order chi connectivity index (χ0) is 18.0. The molecule has 0 spiro atoms. The number of anilines is 1. The summed E-state index contributed by atoms with van der Waals surface area (Å²) in [7, 11) is 0. The van der Waals surface area contributed by atoms with Gasteiger partial charge in [-0.25, -0.2) is 4.79 Å². The second-order valence-corrected chi connectivity index (χ2v) is 7.37. The Morgan fingerprint density at radius 2 is 2.00 bits per heavy atom. The zero-order valence-corrected chi connectivity index (χ0v) is 15.7. The molecular weight excluding hydrogens is 334 g/mol. The molecule has 4 nitrogen and oxygen atoms in total. The van der Waals surface area contributed by atoms with Crippen LogP contribution in [0.1, 0.15) is 47.7 Å². The van der Waals surface area contributed by atoms with Gasteiger partial charge in [0.15, 0.2) is 0 Å². The smallest absolute Gasteiger partial charge is 0.341 e. The van der Waals surface area contributed by atoms with E-state index in [1.165, 1.54) is 22.5 Å². The van der Waals surface area contributed by atoms with Crippen LogP contribution < -0.4 is 5.32 Å². The fraction of sp³-hybridized carbons (Fsp3) is 0.400. The van der Waals surface area contributed by atoms with Crippen molar-refractivity contribution < 1.29 is 14.3 Å². The first-order chi connectivity index (χ1) is 12.0. The number of esters is 1. The van der Waals surface area contributed by atoms with Crippen molar-refractivity contribution in [3.05, 3.63) is 40.3 Å². The number of aryl methyl sites for hydroxylation is 2. The highest BCUT2D eigenvalue weighted by Gasteiger charge is 2.28. The van der Waals surface area contributed by atoms with Gasteiger partial charge in [-0.05, 0) is 50.3 Å². The standard InChI is InChI=1S/C20H23NO3S/c1-4-24-20(23)17-16(15-9-8-12(2)13(3)10-15)11-25-19(17)21-18(22)14-6-5-7-14/h8-11,14H,4-7H2,1-3H3,(H,21,22). The van der Waals surface area contributed by atoms with Crippen molar-refractivity contribution >= 4 is 28.2 Å². The average molecular weight is 357 g/mol. The molecule has 1 aliphatic carbocycles.